The number of sulfonamides is 1. The van der Waals surface area contributed by atoms with E-state index in [4.69, 9.17) is 0 Å². The fraction of sp³-hybridized carbons (Fsp3) is 0.421. The number of thiophene rings is 1. The highest BCUT2D eigenvalue weighted by atomic mass is 32.2. The van der Waals surface area contributed by atoms with E-state index in [1.807, 2.05) is 17.0 Å². The van der Waals surface area contributed by atoms with Crippen molar-refractivity contribution in [2.45, 2.75) is 36.8 Å². The summed E-state index contributed by atoms with van der Waals surface area (Å²) in [5.41, 5.74) is 3.44. The van der Waals surface area contributed by atoms with Crippen LogP contribution in [0.3, 0.4) is 0 Å². The number of hydrogen-bond donors (Lipinski definition) is 0. The summed E-state index contributed by atoms with van der Waals surface area (Å²) in [5, 5.41) is 1.75. The van der Waals surface area contributed by atoms with E-state index in [-0.39, 0.29) is 5.91 Å². The van der Waals surface area contributed by atoms with Gasteiger partial charge in [0.25, 0.3) is 10.0 Å². The quantitative estimate of drug-likeness (QED) is 0.757. The van der Waals surface area contributed by atoms with Crippen molar-refractivity contribution in [3.63, 3.8) is 0 Å². The summed E-state index contributed by atoms with van der Waals surface area (Å²) in [6.45, 7) is 3.13. The first-order chi connectivity index (χ1) is 12.4. The van der Waals surface area contributed by atoms with Gasteiger partial charge in [0.2, 0.25) is 5.91 Å². The van der Waals surface area contributed by atoms with E-state index in [1.165, 1.54) is 26.8 Å². The van der Waals surface area contributed by atoms with Crippen molar-refractivity contribution >= 4 is 33.0 Å². The van der Waals surface area contributed by atoms with Crippen LogP contribution in [0.2, 0.25) is 0 Å². The average Bonchev–Trinajstić information content (AvgIpc) is 3.16. The van der Waals surface area contributed by atoms with Crippen LogP contribution in [-0.4, -0.2) is 38.8 Å². The summed E-state index contributed by atoms with van der Waals surface area (Å²) in [6, 6.07) is 9.54. The van der Waals surface area contributed by atoms with E-state index in [0.717, 1.165) is 25.1 Å². The molecule has 0 atom stereocenters. The number of benzene rings is 1. The van der Waals surface area contributed by atoms with Crippen LogP contribution in [0.15, 0.2) is 39.9 Å². The summed E-state index contributed by atoms with van der Waals surface area (Å²) in [5.74, 6) is 0.0664. The highest BCUT2D eigenvalue weighted by molar-refractivity contribution is 7.91. The molecule has 0 aliphatic carbocycles. The van der Waals surface area contributed by atoms with E-state index in [0.29, 0.717) is 23.6 Å². The molecule has 0 radical (unpaired) electrons. The van der Waals surface area contributed by atoms with Crippen LogP contribution in [0.1, 0.15) is 30.4 Å². The lowest BCUT2D eigenvalue weighted by Crippen LogP contribution is -2.36. The lowest BCUT2D eigenvalue weighted by molar-refractivity contribution is -0.118. The molecule has 0 fully saturated rings. The molecule has 2 aromatic rings. The Kier molecular flexibility index (Phi) is 5.79. The zero-order valence-electron chi connectivity index (χ0n) is 15.1. The number of carbonyl (C=O) groups is 1. The van der Waals surface area contributed by atoms with Gasteiger partial charge in [-0.25, -0.2) is 12.7 Å². The molecule has 0 saturated carbocycles. The number of rotatable bonds is 6. The molecule has 0 saturated heterocycles. The molecule has 5 nitrogen and oxygen atoms in total. The molecular weight excluding hydrogens is 368 g/mol. The third-order valence-electron chi connectivity index (χ3n) is 4.68. The molecule has 7 heteroatoms. The lowest BCUT2D eigenvalue weighted by atomic mass is 9.99. The summed E-state index contributed by atoms with van der Waals surface area (Å²) in [7, 11) is -1.88. The lowest BCUT2D eigenvalue weighted by Gasteiger charge is -2.30. The SMILES string of the molecule is Cc1ccc2c(c1)CCCN2C(=O)CCCN(C)S(=O)(=O)c1cccs1. The summed E-state index contributed by atoms with van der Waals surface area (Å²) in [6.07, 6.45) is 2.83. The zero-order chi connectivity index (χ0) is 18.7. The molecule has 140 valence electrons. The Balaban J connectivity index is 1.59. The van der Waals surface area contributed by atoms with E-state index < -0.39 is 10.0 Å². The van der Waals surface area contributed by atoms with Gasteiger partial charge in [-0.2, -0.15) is 0 Å². The molecule has 1 aromatic heterocycles. The van der Waals surface area contributed by atoms with Crippen LogP contribution in [-0.2, 0) is 21.2 Å². The monoisotopic (exact) mass is 392 g/mol. The van der Waals surface area contributed by atoms with Gasteiger partial charge in [0, 0.05) is 32.2 Å². The number of aryl methyl sites for hydroxylation is 2. The Labute approximate surface area is 159 Å². The van der Waals surface area contributed by atoms with Gasteiger partial charge < -0.3 is 4.90 Å². The van der Waals surface area contributed by atoms with E-state index in [9.17, 15) is 13.2 Å². The van der Waals surface area contributed by atoms with E-state index in [1.54, 1.807) is 24.6 Å². The van der Waals surface area contributed by atoms with Crippen molar-refractivity contribution in [1.82, 2.24) is 4.31 Å². The first-order valence-corrected chi connectivity index (χ1v) is 11.1. The minimum absolute atomic E-state index is 0.0664. The van der Waals surface area contributed by atoms with Crippen molar-refractivity contribution in [2.75, 3.05) is 25.0 Å². The van der Waals surface area contributed by atoms with Crippen LogP contribution in [0, 0.1) is 6.92 Å². The topological polar surface area (TPSA) is 57.7 Å². The van der Waals surface area contributed by atoms with Gasteiger partial charge in [0.1, 0.15) is 4.21 Å². The van der Waals surface area contributed by atoms with Crippen molar-refractivity contribution in [3.8, 4) is 0 Å². The van der Waals surface area contributed by atoms with Crippen LogP contribution in [0.4, 0.5) is 5.69 Å². The van der Waals surface area contributed by atoms with E-state index in [2.05, 4.69) is 13.0 Å². The predicted octanol–water partition coefficient (Wildman–Crippen LogP) is 3.44. The molecule has 1 amide bonds. The third-order valence-corrected chi connectivity index (χ3v) is 7.91. The smallest absolute Gasteiger partial charge is 0.252 e. The molecular formula is C19H24N2O3S2. The zero-order valence-corrected chi connectivity index (χ0v) is 16.8. The Morgan fingerprint density at radius 3 is 2.85 bits per heavy atom. The van der Waals surface area contributed by atoms with Gasteiger partial charge in [0.05, 0.1) is 0 Å². The van der Waals surface area contributed by atoms with Crippen molar-refractivity contribution in [3.05, 3.63) is 46.8 Å². The third kappa shape index (κ3) is 4.00. The largest absolute Gasteiger partial charge is 0.312 e. The predicted molar refractivity (Wildman–Crippen MR) is 105 cm³/mol. The molecule has 2 heterocycles. The Morgan fingerprint density at radius 1 is 1.31 bits per heavy atom. The summed E-state index contributed by atoms with van der Waals surface area (Å²) < 4.78 is 26.5. The number of fused-ring (bicyclic) bond motifs is 1. The number of hydrogen-bond acceptors (Lipinski definition) is 4. The maximum absolute atomic E-state index is 12.7. The fourth-order valence-corrected chi connectivity index (χ4v) is 5.67. The molecule has 1 aliphatic rings. The molecule has 1 aromatic carbocycles. The van der Waals surface area contributed by atoms with E-state index >= 15 is 0 Å². The number of anilines is 1. The maximum Gasteiger partial charge on any atom is 0.252 e. The minimum Gasteiger partial charge on any atom is -0.312 e. The Bertz CT molecular complexity index is 876. The Morgan fingerprint density at radius 2 is 2.12 bits per heavy atom. The number of nitrogens with zero attached hydrogens (tertiary/aromatic N) is 2. The van der Waals surface area contributed by atoms with Gasteiger partial charge >= 0.3 is 0 Å². The minimum atomic E-state index is -3.44. The molecule has 0 spiro atoms. The molecule has 0 N–H and O–H groups in total. The number of carbonyl (C=O) groups excluding carboxylic acids is 1. The second-order valence-corrected chi connectivity index (χ2v) is 9.86. The highest BCUT2D eigenvalue weighted by Crippen LogP contribution is 2.28. The van der Waals surface area contributed by atoms with Gasteiger partial charge in [0.15, 0.2) is 0 Å². The maximum atomic E-state index is 12.7. The average molecular weight is 393 g/mol. The highest BCUT2D eigenvalue weighted by Gasteiger charge is 2.24. The first kappa shape index (κ1) is 19.1. The van der Waals surface area contributed by atoms with Gasteiger partial charge in [-0.15, -0.1) is 11.3 Å². The molecule has 26 heavy (non-hydrogen) atoms. The van der Waals surface area contributed by atoms with Crippen LogP contribution >= 0.6 is 11.3 Å². The Hall–Kier alpha value is -1.70. The molecule has 3 rings (SSSR count). The van der Waals surface area contributed by atoms with Crippen LogP contribution in [0.5, 0.6) is 0 Å². The van der Waals surface area contributed by atoms with Gasteiger partial charge in [-0.05, 0) is 49.3 Å². The summed E-state index contributed by atoms with van der Waals surface area (Å²) in [4.78, 5) is 14.5. The van der Waals surface area contributed by atoms with Gasteiger partial charge in [-0.1, -0.05) is 23.8 Å². The first-order valence-electron chi connectivity index (χ1n) is 8.79. The van der Waals surface area contributed by atoms with Crippen LogP contribution < -0.4 is 4.90 Å². The normalized spacial score (nSPS) is 14.5. The van der Waals surface area contributed by atoms with Crippen molar-refractivity contribution in [2.24, 2.45) is 0 Å². The fourth-order valence-electron chi connectivity index (χ4n) is 3.26. The van der Waals surface area contributed by atoms with Gasteiger partial charge in [-0.3, -0.25) is 4.79 Å². The molecule has 1 aliphatic heterocycles. The standard InChI is InChI=1S/C19H24N2O3S2/c1-15-9-10-17-16(14-15)6-3-12-21(17)18(22)7-4-11-20(2)26(23,24)19-8-5-13-25-19/h5,8-10,13-14H,3-4,6-7,11-12H2,1-2H3. The van der Waals surface area contributed by atoms with Crippen molar-refractivity contribution < 1.29 is 13.2 Å². The number of amides is 1. The molecule has 0 unspecified atom stereocenters. The molecule has 0 bridgehead atoms. The van der Waals surface area contributed by atoms with Crippen LogP contribution in [0.25, 0.3) is 0 Å². The second kappa shape index (κ2) is 7.90. The summed E-state index contributed by atoms with van der Waals surface area (Å²) >= 11 is 1.21. The van der Waals surface area contributed by atoms with Crippen molar-refractivity contribution in [1.29, 1.82) is 0 Å². The second-order valence-electron chi connectivity index (χ2n) is 6.64.